The molecule has 0 fully saturated rings. The van der Waals surface area contributed by atoms with Crippen LogP contribution < -0.4 is 5.73 Å². The summed E-state index contributed by atoms with van der Waals surface area (Å²) in [4.78, 5) is 4.04. The maximum atomic E-state index is 5.53. The number of aromatic nitrogens is 1. The van der Waals surface area contributed by atoms with E-state index in [9.17, 15) is 0 Å². The van der Waals surface area contributed by atoms with E-state index in [4.69, 9.17) is 17.3 Å². The molecule has 1 rings (SSSR count). The molecule has 54 valence electrons. The van der Waals surface area contributed by atoms with Crippen LogP contribution >= 0.6 is 11.6 Å². The van der Waals surface area contributed by atoms with Gasteiger partial charge < -0.3 is 5.73 Å². The van der Waals surface area contributed by atoms with E-state index < -0.39 is 0 Å². The number of nitrogen functional groups attached to an aromatic ring is 1. The molecule has 0 spiro atoms. The largest absolute Gasteiger partial charge is 0.383 e. The minimum absolute atomic E-state index is 0.421. The Hall–Kier alpha value is -0.760. The quantitative estimate of drug-likeness (QED) is 0.629. The lowest BCUT2D eigenvalue weighted by molar-refractivity contribution is 1.16. The van der Waals surface area contributed by atoms with Gasteiger partial charge in [-0.2, -0.15) is 0 Å². The summed E-state index contributed by atoms with van der Waals surface area (Å²) < 4.78 is 0. The number of halogens is 1. The molecule has 1 aromatic rings. The van der Waals surface area contributed by atoms with Crippen molar-refractivity contribution in [2.75, 3.05) is 5.73 Å². The summed E-state index contributed by atoms with van der Waals surface area (Å²) in [6, 6.07) is 3.79. The third kappa shape index (κ3) is 1.39. The van der Waals surface area contributed by atoms with Gasteiger partial charge in [0.05, 0.1) is 11.6 Å². The van der Waals surface area contributed by atoms with Crippen molar-refractivity contribution in [3.63, 3.8) is 0 Å². The number of hydrogen-bond donors (Lipinski definition) is 1. The van der Waals surface area contributed by atoms with Gasteiger partial charge in [-0.1, -0.05) is 6.07 Å². The first-order valence-corrected chi connectivity index (χ1v) is 3.55. The molecule has 0 saturated heterocycles. The van der Waals surface area contributed by atoms with Crippen molar-refractivity contribution in [3.05, 3.63) is 23.4 Å². The van der Waals surface area contributed by atoms with Crippen LogP contribution in [0.15, 0.2) is 12.1 Å². The second-order valence-corrected chi connectivity index (χ2v) is 2.41. The van der Waals surface area contributed by atoms with Gasteiger partial charge in [-0.05, 0) is 18.6 Å². The van der Waals surface area contributed by atoms with E-state index in [0.717, 1.165) is 11.3 Å². The fraction of sp³-hybridized carbons (Fsp3) is 0.286. The number of alkyl halides is 1. The predicted octanol–water partition coefficient (Wildman–Crippen LogP) is 1.71. The molecule has 0 aliphatic carbocycles. The molecule has 0 aliphatic heterocycles. The lowest BCUT2D eigenvalue weighted by Gasteiger charge is -1.99. The number of aryl methyl sites for hydroxylation is 1. The summed E-state index contributed by atoms with van der Waals surface area (Å²) in [5, 5.41) is 0. The highest BCUT2D eigenvalue weighted by Crippen LogP contribution is 2.08. The molecule has 2 N–H and O–H groups in total. The number of hydrogen-bond acceptors (Lipinski definition) is 2. The Kier molecular flexibility index (Phi) is 2.12. The van der Waals surface area contributed by atoms with Crippen molar-refractivity contribution in [2.45, 2.75) is 12.8 Å². The maximum Gasteiger partial charge on any atom is 0.126 e. The second kappa shape index (κ2) is 2.88. The Morgan fingerprint density at radius 3 is 2.80 bits per heavy atom. The number of nitrogens with two attached hydrogens (primary N) is 1. The van der Waals surface area contributed by atoms with Crippen LogP contribution in [0.3, 0.4) is 0 Å². The highest BCUT2D eigenvalue weighted by molar-refractivity contribution is 6.16. The Balaban J connectivity index is 3.04. The Bertz CT molecular complexity index is 235. The molecule has 0 radical (unpaired) electrons. The lowest BCUT2D eigenvalue weighted by atomic mass is 10.2. The molecular weight excluding hydrogens is 148 g/mol. The highest BCUT2D eigenvalue weighted by Gasteiger charge is 1.95. The molecule has 2 nitrogen and oxygen atoms in total. The normalized spacial score (nSPS) is 9.80. The minimum atomic E-state index is 0.421. The molecule has 0 atom stereocenters. The molecular formula is C7H9ClN2. The Morgan fingerprint density at radius 1 is 1.60 bits per heavy atom. The summed E-state index contributed by atoms with van der Waals surface area (Å²) >= 11 is 5.53. The molecule has 1 aromatic heterocycles. The zero-order valence-corrected chi connectivity index (χ0v) is 6.52. The van der Waals surface area contributed by atoms with E-state index in [1.165, 1.54) is 0 Å². The van der Waals surface area contributed by atoms with Crippen LogP contribution in [-0.2, 0) is 5.88 Å². The number of pyridine rings is 1. The van der Waals surface area contributed by atoms with Crippen molar-refractivity contribution in [1.82, 2.24) is 4.98 Å². The highest BCUT2D eigenvalue weighted by atomic mass is 35.5. The maximum absolute atomic E-state index is 5.53. The van der Waals surface area contributed by atoms with Gasteiger partial charge in [0.15, 0.2) is 0 Å². The number of nitrogens with zero attached hydrogens (tertiary/aromatic N) is 1. The summed E-state index contributed by atoms with van der Waals surface area (Å²) in [6.07, 6.45) is 0. The first-order valence-electron chi connectivity index (χ1n) is 3.02. The lowest BCUT2D eigenvalue weighted by Crippen LogP contribution is -1.96. The van der Waals surface area contributed by atoms with Gasteiger partial charge >= 0.3 is 0 Å². The number of rotatable bonds is 1. The molecule has 0 bridgehead atoms. The monoisotopic (exact) mass is 156 g/mol. The van der Waals surface area contributed by atoms with Gasteiger partial charge in [0.1, 0.15) is 5.82 Å². The Labute approximate surface area is 65.0 Å². The van der Waals surface area contributed by atoms with Crippen LogP contribution in [0.5, 0.6) is 0 Å². The number of anilines is 1. The smallest absolute Gasteiger partial charge is 0.126 e. The van der Waals surface area contributed by atoms with E-state index in [-0.39, 0.29) is 0 Å². The van der Waals surface area contributed by atoms with Crippen molar-refractivity contribution >= 4 is 17.4 Å². The van der Waals surface area contributed by atoms with Crippen molar-refractivity contribution in [3.8, 4) is 0 Å². The van der Waals surface area contributed by atoms with Gasteiger partial charge in [0, 0.05) is 0 Å². The second-order valence-electron chi connectivity index (χ2n) is 2.14. The van der Waals surface area contributed by atoms with E-state index in [1.807, 2.05) is 19.1 Å². The summed E-state index contributed by atoms with van der Waals surface area (Å²) in [7, 11) is 0. The minimum Gasteiger partial charge on any atom is -0.383 e. The molecule has 10 heavy (non-hydrogen) atoms. The SMILES string of the molecule is Cc1ccc(CCl)nc1N. The topological polar surface area (TPSA) is 38.9 Å². The van der Waals surface area contributed by atoms with E-state index in [0.29, 0.717) is 11.7 Å². The van der Waals surface area contributed by atoms with Crippen LogP contribution in [0, 0.1) is 6.92 Å². The van der Waals surface area contributed by atoms with Crippen LogP contribution in [0.4, 0.5) is 5.82 Å². The van der Waals surface area contributed by atoms with E-state index in [2.05, 4.69) is 4.98 Å². The van der Waals surface area contributed by atoms with Gasteiger partial charge in [-0.25, -0.2) is 4.98 Å². The van der Waals surface area contributed by atoms with Gasteiger partial charge in [0.25, 0.3) is 0 Å². The zero-order valence-electron chi connectivity index (χ0n) is 5.76. The third-order valence-corrected chi connectivity index (χ3v) is 1.60. The first-order chi connectivity index (χ1) is 4.74. The predicted molar refractivity (Wildman–Crippen MR) is 42.9 cm³/mol. The van der Waals surface area contributed by atoms with Crippen molar-refractivity contribution in [1.29, 1.82) is 0 Å². The standard InChI is InChI=1S/C7H9ClN2/c1-5-2-3-6(4-8)10-7(5)9/h2-3H,4H2,1H3,(H2,9,10). The molecule has 0 aliphatic rings. The summed E-state index contributed by atoms with van der Waals surface area (Å²) in [5.41, 5.74) is 7.34. The molecule has 1 heterocycles. The van der Waals surface area contributed by atoms with Crippen LogP contribution in [-0.4, -0.2) is 4.98 Å². The van der Waals surface area contributed by atoms with Crippen LogP contribution in [0.1, 0.15) is 11.3 Å². The zero-order chi connectivity index (χ0) is 7.56. The molecule has 0 aromatic carbocycles. The fourth-order valence-electron chi connectivity index (χ4n) is 0.661. The molecule has 0 unspecified atom stereocenters. The van der Waals surface area contributed by atoms with Gasteiger partial charge in [0.2, 0.25) is 0 Å². The van der Waals surface area contributed by atoms with Crippen LogP contribution in [0.25, 0.3) is 0 Å². The fourth-order valence-corrected chi connectivity index (χ4v) is 0.810. The average molecular weight is 157 g/mol. The molecule has 3 heteroatoms. The van der Waals surface area contributed by atoms with Crippen molar-refractivity contribution in [2.24, 2.45) is 0 Å². The van der Waals surface area contributed by atoms with Gasteiger partial charge in [-0.15, -0.1) is 11.6 Å². The Morgan fingerprint density at radius 2 is 2.30 bits per heavy atom. The van der Waals surface area contributed by atoms with E-state index in [1.54, 1.807) is 0 Å². The third-order valence-electron chi connectivity index (χ3n) is 1.33. The van der Waals surface area contributed by atoms with Crippen molar-refractivity contribution < 1.29 is 0 Å². The summed E-state index contributed by atoms with van der Waals surface area (Å²) in [6.45, 7) is 1.92. The summed E-state index contributed by atoms with van der Waals surface area (Å²) in [5.74, 6) is 0.989. The molecule has 0 amide bonds. The average Bonchev–Trinajstić information content (AvgIpc) is 1.95. The van der Waals surface area contributed by atoms with E-state index >= 15 is 0 Å². The van der Waals surface area contributed by atoms with Gasteiger partial charge in [-0.3, -0.25) is 0 Å². The van der Waals surface area contributed by atoms with Crippen LogP contribution in [0.2, 0.25) is 0 Å². The first kappa shape index (κ1) is 7.35. The molecule has 0 saturated carbocycles.